The number of nitrogens with one attached hydrogen (secondary N) is 1. The SMILES string of the molecule is CCN(CC)C(CNC(=O)c1c(-c2ccccc2Cl)noc1C)c1ccccc1. The van der Waals surface area contributed by atoms with Gasteiger partial charge in [-0.05, 0) is 31.6 Å². The van der Waals surface area contributed by atoms with Crippen molar-refractivity contribution in [1.29, 1.82) is 0 Å². The van der Waals surface area contributed by atoms with Gasteiger partial charge in [-0.15, -0.1) is 0 Å². The maximum absolute atomic E-state index is 13.1. The van der Waals surface area contributed by atoms with Gasteiger partial charge in [0.25, 0.3) is 5.91 Å². The molecule has 0 bridgehead atoms. The Labute approximate surface area is 176 Å². The van der Waals surface area contributed by atoms with Crippen molar-refractivity contribution in [3.8, 4) is 11.3 Å². The second kappa shape index (κ2) is 9.72. The molecule has 3 rings (SSSR count). The van der Waals surface area contributed by atoms with Crippen molar-refractivity contribution < 1.29 is 9.32 Å². The topological polar surface area (TPSA) is 58.4 Å². The van der Waals surface area contributed by atoms with Crippen molar-refractivity contribution in [1.82, 2.24) is 15.4 Å². The highest BCUT2D eigenvalue weighted by atomic mass is 35.5. The van der Waals surface area contributed by atoms with Gasteiger partial charge in [-0.3, -0.25) is 9.69 Å². The van der Waals surface area contributed by atoms with Gasteiger partial charge in [-0.2, -0.15) is 0 Å². The smallest absolute Gasteiger partial charge is 0.257 e. The molecule has 1 unspecified atom stereocenters. The third-order valence-corrected chi connectivity index (χ3v) is 5.44. The Hall–Kier alpha value is -2.63. The summed E-state index contributed by atoms with van der Waals surface area (Å²) < 4.78 is 5.33. The normalized spacial score (nSPS) is 12.2. The molecule has 0 fully saturated rings. The molecule has 1 N–H and O–H groups in total. The third kappa shape index (κ3) is 4.69. The van der Waals surface area contributed by atoms with E-state index in [1.54, 1.807) is 13.0 Å². The van der Waals surface area contributed by atoms with E-state index < -0.39 is 0 Å². The molecule has 3 aromatic rings. The average molecular weight is 412 g/mol. The first-order valence-electron chi connectivity index (χ1n) is 9.85. The lowest BCUT2D eigenvalue weighted by Crippen LogP contribution is -2.38. The van der Waals surface area contributed by atoms with Gasteiger partial charge < -0.3 is 9.84 Å². The van der Waals surface area contributed by atoms with Crippen molar-refractivity contribution in [2.45, 2.75) is 26.8 Å². The van der Waals surface area contributed by atoms with E-state index in [4.69, 9.17) is 16.1 Å². The van der Waals surface area contributed by atoms with Gasteiger partial charge in [-0.1, -0.05) is 79.1 Å². The third-order valence-electron chi connectivity index (χ3n) is 5.11. The van der Waals surface area contributed by atoms with Crippen molar-refractivity contribution in [2.24, 2.45) is 0 Å². The van der Waals surface area contributed by atoms with Crippen LogP contribution in [0, 0.1) is 6.92 Å². The molecule has 152 valence electrons. The van der Waals surface area contributed by atoms with Crippen molar-refractivity contribution in [2.75, 3.05) is 19.6 Å². The van der Waals surface area contributed by atoms with Gasteiger partial charge in [0, 0.05) is 12.1 Å². The molecule has 0 spiro atoms. The Bertz CT molecular complexity index is 952. The molecule has 1 atom stereocenters. The lowest BCUT2D eigenvalue weighted by molar-refractivity contribution is 0.0934. The second-order valence-corrected chi connectivity index (χ2v) is 7.21. The molecule has 1 amide bonds. The molecule has 0 aliphatic heterocycles. The number of amides is 1. The summed E-state index contributed by atoms with van der Waals surface area (Å²) in [6.45, 7) is 8.26. The summed E-state index contributed by atoms with van der Waals surface area (Å²) in [7, 11) is 0. The number of carbonyl (C=O) groups is 1. The molecule has 0 aliphatic rings. The van der Waals surface area contributed by atoms with Crippen LogP contribution in [0.4, 0.5) is 0 Å². The van der Waals surface area contributed by atoms with E-state index in [1.807, 2.05) is 36.4 Å². The first-order valence-corrected chi connectivity index (χ1v) is 10.2. The number of likely N-dealkylation sites (N-methyl/N-ethyl adjacent to an activating group) is 1. The zero-order valence-electron chi connectivity index (χ0n) is 17.0. The minimum Gasteiger partial charge on any atom is -0.360 e. The van der Waals surface area contributed by atoms with E-state index in [2.05, 4.69) is 41.4 Å². The number of hydrogen-bond acceptors (Lipinski definition) is 4. The van der Waals surface area contributed by atoms with Crippen LogP contribution in [-0.4, -0.2) is 35.6 Å². The monoisotopic (exact) mass is 411 g/mol. The molecule has 0 radical (unpaired) electrons. The zero-order chi connectivity index (χ0) is 20.8. The second-order valence-electron chi connectivity index (χ2n) is 6.80. The van der Waals surface area contributed by atoms with Crippen LogP contribution in [0.2, 0.25) is 5.02 Å². The molecule has 5 nitrogen and oxygen atoms in total. The number of nitrogens with zero attached hydrogens (tertiary/aromatic N) is 2. The summed E-state index contributed by atoms with van der Waals surface area (Å²) in [6.07, 6.45) is 0. The summed E-state index contributed by atoms with van der Waals surface area (Å²) in [4.78, 5) is 15.4. The first kappa shape index (κ1) is 21.1. The van der Waals surface area contributed by atoms with Gasteiger partial charge in [0.15, 0.2) is 0 Å². The van der Waals surface area contributed by atoms with Crippen molar-refractivity contribution >= 4 is 17.5 Å². The summed E-state index contributed by atoms with van der Waals surface area (Å²) in [6, 6.07) is 17.6. The predicted octanol–water partition coefficient (Wildman–Crippen LogP) is 5.12. The van der Waals surface area contributed by atoms with Crippen LogP contribution in [0.5, 0.6) is 0 Å². The average Bonchev–Trinajstić information content (AvgIpc) is 3.13. The molecule has 29 heavy (non-hydrogen) atoms. The van der Waals surface area contributed by atoms with Crippen LogP contribution >= 0.6 is 11.6 Å². The highest BCUT2D eigenvalue weighted by molar-refractivity contribution is 6.33. The molecule has 0 saturated carbocycles. The van der Waals surface area contributed by atoms with Crippen molar-refractivity contribution in [3.05, 3.63) is 76.5 Å². The Morgan fingerprint density at radius 2 is 1.76 bits per heavy atom. The van der Waals surface area contributed by atoms with Crippen LogP contribution in [0.15, 0.2) is 59.1 Å². The molecular formula is C23H26ClN3O2. The number of halogens is 1. The first-order chi connectivity index (χ1) is 14.1. The molecule has 0 aliphatic carbocycles. The van der Waals surface area contributed by atoms with E-state index in [1.165, 1.54) is 5.56 Å². The minimum absolute atomic E-state index is 0.0825. The minimum atomic E-state index is -0.216. The van der Waals surface area contributed by atoms with Gasteiger partial charge in [0.1, 0.15) is 17.0 Å². The Kier molecular flexibility index (Phi) is 7.07. The number of carbonyl (C=O) groups excluding carboxylic acids is 1. The van der Waals surface area contributed by atoms with Crippen LogP contribution in [0.25, 0.3) is 11.3 Å². The fourth-order valence-electron chi connectivity index (χ4n) is 3.55. The number of hydrogen-bond donors (Lipinski definition) is 1. The number of aryl methyl sites for hydroxylation is 1. The molecule has 1 heterocycles. The Balaban J connectivity index is 1.85. The highest BCUT2D eigenvalue weighted by Gasteiger charge is 2.25. The number of benzene rings is 2. The predicted molar refractivity (Wildman–Crippen MR) is 116 cm³/mol. The lowest BCUT2D eigenvalue weighted by atomic mass is 10.0. The summed E-state index contributed by atoms with van der Waals surface area (Å²) >= 11 is 6.31. The lowest BCUT2D eigenvalue weighted by Gasteiger charge is -2.30. The highest BCUT2D eigenvalue weighted by Crippen LogP contribution is 2.31. The summed E-state index contributed by atoms with van der Waals surface area (Å²) in [5.74, 6) is 0.253. The molecule has 6 heteroatoms. The molecule has 0 saturated heterocycles. The van der Waals surface area contributed by atoms with E-state index in [0.717, 1.165) is 13.1 Å². The van der Waals surface area contributed by atoms with Crippen LogP contribution in [-0.2, 0) is 0 Å². The molecular weight excluding hydrogens is 386 g/mol. The van der Waals surface area contributed by atoms with Crippen LogP contribution in [0.3, 0.4) is 0 Å². The summed E-state index contributed by atoms with van der Waals surface area (Å²) in [5, 5.41) is 7.70. The van der Waals surface area contributed by atoms with E-state index in [0.29, 0.717) is 34.1 Å². The number of rotatable bonds is 8. The Morgan fingerprint density at radius 1 is 1.10 bits per heavy atom. The van der Waals surface area contributed by atoms with E-state index in [9.17, 15) is 4.79 Å². The van der Waals surface area contributed by atoms with Crippen LogP contribution in [0.1, 0.15) is 41.6 Å². The van der Waals surface area contributed by atoms with Gasteiger partial charge in [0.05, 0.1) is 11.1 Å². The van der Waals surface area contributed by atoms with Gasteiger partial charge >= 0.3 is 0 Å². The summed E-state index contributed by atoms with van der Waals surface area (Å²) in [5.41, 5.74) is 2.73. The quantitative estimate of drug-likeness (QED) is 0.559. The maximum Gasteiger partial charge on any atom is 0.257 e. The van der Waals surface area contributed by atoms with E-state index >= 15 is 0 Å². The van der Waals surface area contributed by atoms with Crippen molar-refractivity contribution in [3.63, 3.8) is 0 Å². The standard InChI is InChI=1S/C23H26ClN3O2/c1-4-27(5-2)20(17-11-7-6-8-12-17)15-25-23(28)21-16(3)29-26-22(21)18-13-9-10-14-19(18)24/h6-14,20H,4-5,15H2,1-3H3,(H,25,28). The zero-order valence-corrected chi connectivity index (χ0v) is 17.7. The largest absolute Gasteiger partial charge is 0.360 e. The fourth-order valence-corrected chi connectivity index (χ4v) is 3.78. The van der Waals surface area contributed by atoms with Gasteiger partial charge in [-0.25, -0.2) is 0 Å². The maximum atomic E-state index is 13.1. The van der Waals surface area contributed by atoms with Gasteiger partial charge in [0.2, 0.25) is 0 Å². The fraction of sp³-hybridized carbons (Fsp3) is 0.304. The van der Waals surface area contributed by atoms with E-state index in [-0.39, 0.29) is 11.9 Å². The molecule has 2 aromatic carbocycles. The molecule has 1 aromatic heterocycles. The number of aromatic nitrogens is 1. The Morgan fingerprint density at radius 3 is 2.41 bits per heavy atom. The van der Waals surface area contributed by atoms with Crippen LogP contribution < -0.4 is 5.32 Å².